The highest BCUT2D eigenvalue weighted by Crippen LogP contribution is 2.30. The lowest BCUT2D eigenvalue weighted by Gasteiger charge is -2.36. The third-order valence-corrected chi connectivity index (χ3v) is 6.24. The number of hydrogen-bond acceptors (Lipinski definition) is 5. The van der Waals surface area contributed by atoms with Gasteiger partial charge in [0, 0.05) is 37.9 Å². The molecule has 0 aliphatic carbocycles. The lowest BCUT2D eigenvalue weighted by molar-refractivity contribution is 0.628. The van der Waals surface area contributed by atoms with E-state index in [9.17, 15) is 4.39 Å². The highest BCUT2D eigenvalue weighted by Gasteiger charge is 2.23. The minimum atomic E-state index is -0.435. The Morgan fingerprint density at radius 2 is 1.57 bits per heavy atom. The Morgan fingerprint density at radius 1 is 0.867 bits per heavy atom. The van der Waals surface area contributed by atoms with Gasteiger partial charge in [-0.3, -0.25) is 0 Å². The van der Waals surface area contributed by atoms with E-state index < -0.39 is 5.82 Å². The number of pyridine rings is 1. The number of anilines is 2. The van der Waals surface area contributed by atoms with E-state index >= 15 is 0 Å². The maximum absolute atomic E-state index is 13.5. The van der Waals surface area contributed by atoms with Crippen LogP contribution >= 0.6 is 11.6 Å². The molecule has 0 unspecified atom stereocenters. The predicted octanol–water partition coefficient (Wildman–Crippen LogP) is 4.89. The lowest BCUT2D eigenvalue weighted by Crippen LogP contribution is -2.47. The van der Waals surface area contributed by atoms with Crippen LogP contribution in [0.3, 0.4) is 0 Å². The minimum absolute atomic E-state index is 0.0894. The van der Waals surface area contributed by atoms with Gasteiger partial charge < -0.3 is 9.80 Å². The van der Waals surface area contributed by atoms with Crippen LogP contribution in [0.5, 0.6) is 0 Å². The smallest absolute Gasteiger partial charge is 0.154 e. The molecule has 5 nitrogen and oxygen atoms in total. The number of nitrogens with zero attached hydrogens (tertiary/aromatic N) is 5. The predicted molar refractivity (Wildman–Crippen MR) is 120 cm³/mol. The van der Waals surface area contributed by atoms with Crippen LogP contribution in [0.15, 0.2) is 30.5 Å². The summed E-state index contributed by atoms with van der Waals surface area (Å²) in [6.45, 7) is 11.7. The van der Waals surface area contributed by atoms with Crippen molar-refractivity contribution < 1.29 is 4.39 Å². The molecule has 0 atom stereocenters. The van der Waals surface area contributed by atoms with E-state index in [4.69, 9.17) is 11.6 Å². The SMILES string of the molecule is Cc1cnc(N2CCN(c3nnc(-c4ccc(F)c(Cl)c4)c(C)c3C)CC2)cc1C. The van der Waals surface area contributed by atoms with Gasteiger partial charge in [0.2, 0.25) is 0 Å². The molecule has 2 aromatic heterocycles. The molecule has 1 aromatic carbocycles. The van der Waals surface area contributed by atoms with Crippen LogP contribution in [-0.4, -0.2) is 41.4 Å². The number of hydrogen-bond donors (Lipinski definition) is 0. The van der Waals surface area contributed by atoms with E-state index in [0.29, 0.717) is 0 Å². The van der Waals surface area contributed by atoms with Crippen LogP contribution in [-0.2, 0) is 0 Å². The quantitative estimate of drug-likeness (QED) is 0.597. The normalized spacial score (nSPS) is 14.3. The number of piperazine rings is 1. The van der Waals surface area contributed by atoms with Crippen LogP contribution in [0.4, 0.5) is 16.0 Å². The summed E-state index contributed by atoms with van der Waals surface area (Å²) in [6.07, 6.45) is 1.94. The lowest BCUT2D eigenvalue weighted by atomic mass is 10.0. The molecule has 0 N–H and O–H groups in total. The van der Waals surface area contributed by atoms with E-state index in [1.54, 1.807) is 12.1 Å². The van der Waals surface area contributed by atoms with E-state index in [0.717, 1.165) is 60.2 Å². The summed E-state index contributed by atoms with van der Waals surface area (Å²) < 4.78 is 13.5. The van der Waals surface area contributed by atoms with Gasteiger partial charge in [-0.1, -0.05) is 11.6 Å². The van der Waals surface area contributed by atoms with Gasteiger partial charge in [0.25, 0.3) is 0 Å². The fraction of sp³-hybridized carbons (Fsp3) is 0.348. The van der Waals surface area contributed by atoms with Gasteiger partial charge >= 0.3 is 0 Å². The van der Waals surface area contributed by atoms with Crippen molar-refractivity contribution in [1.82, 2.24) is 15.2 Å². The Kier molecular flexibility index (Phi) is 5.60. The zero-order valence-electron chi connectivity index (χ0n) is 17.7. The van der Waals surface area contributed by atoms with Gasteiger partial charge in [-0.25, -0.2) is 9.37 Å². The number of halogens is 2. The average molecular weight is 426 g/mol. The first-order valence-corrected chi connectivity index (χ1v) is 10.5. The van der Waals surface area contributed by atoms with Gasteiger partial charge in [0.1, 0.15) is 11.6 Å². The molecule has 0 bridgehead atoms. The van der Waals surface area contributed by atoms with Crippen LogP contribution in [0, 0.1) is 33.5 Å². The topological polar surface area (TPSA) is 45.2 Å². The second-order valence-corrected chi connectivity index (χ2v) is 8.26. The molecule has 1 aliphatic heterocycles. The van der Waals surface area contributed by atoms with E-state index in [2.05, 4.69) is 51.8 Å². The molecule has 4 rings (SSSR count). The van der Waals surface area contributed by atoms with Crippen molar-refractivity contribution in [2.75, 3.05) is 36.0 Å². The highest BCUT2D eigenvalue weighted by molar-refractivity contribution is 6.31. The third-order valence-electron chi connectivity index (χ3n) is 5.95. The molecule has 0 radical (unpaired) electrons. The van der Waals surface area contributed by atoms with E-state index in [1.807, 2.05) is 13.1 Å². The molecule has 7 heteroatoms. The van der Waals surface area contributed by atoms with Gasteiger partial charge in [-0.15, -0.1) is 10.2 Å². The van der Waals surface area contributed by atoms with Crippen molar-refractivity contribution >= 4 is 23.2 Å². The van der Waals surface area contributed by atoms with Crippen molar-refractivity contribution in [3.63, 3.8) is 0 Å². The number of rotatable bonds is 3. The first-order valence-electron chi connectivity index (χ1n) is 10.1. The summed E-state index contributed by atoms with van der Waals surface area (Å²) in [5.74, 6) is 1.49. The molecule has 3 aromatic rings. The number of aryl methyl sites for hydroxylation is 2. The fourth-order valence-corrected chi connectivity index (χ4v) is 3.92. The average Bonchev–Trinajstić information content (AvgIpc) is 2.74. The van der Waals surface area contributed by atoms with Gasteiger partial charge in [-0.2, -0.15) is 0 Å². The largest absolute Gasteiger partial charge is 0.353 e. The molecule has 0 saturated carbocycles. The molecule has 1 aliphatic rings. The molecule has 156 valence electrons. The zero-order chi connectivity index (χ0) is 21.4. The second kappa shape index (κ2) is 8.19. The van der Waals surface area contributed by atoms with Gasteiger partial charge in [0.15, 0.2) is 5.82 Å². The first-order chi connectivity index (χ1) is 14.3. The van der Waals surface area contributed by atoms with Crippen molar-refractivity contribution in [2.45, 2.75) is 27.7 Å². The summed E-state index contributed by atoms with van der Waals surface area (Å²) in [6, 6.07) is 6.81. The minimum Gasteiger partial charge on any atom is -0.353 e. The Bertz CT molecular complexity index is 1090. The molecule has 0 amide bonds. The number of aromatic nitrogens is 3. The summed E-state index contributed by atoms with van der Waals surface area (Å²) in [5.41, 5.74) is 6.08. The third kappa shape index (κ3) is 3.84. The Hall–Kier alpha value is -2.73. The van der Waals surface area contributed by atoms with Crippen LogP contribution in [0.1, 0.15) is 22.3 Å². The fourth-order valence-electron chi connectivity index (χ4n) is 3.74. The summed E-state index contributed by atoms with van der Waals surface area (Å²) in [4.78, 5) is 9.18. The van der Waals surface area contributed by atoms with E-state index in [-0.39, 0.29) is 5.02 Å². The Balaban J connectivity index is 1.53. The first kappa shape index (κ1) is 20.5. The summed E-state index contributed by atoms with van der Waals surface area (Å²) in [5, 5.41) is 9.06. The summed E-state index contributed by atoms with van der Waals surface area (Å²) in [7, 11) is 0. The van der Waals surface area contributed by atoms with Crippen molar-refractivity contribution in [2.24, 2.45) is 0 Å². The van der Waals surface area contributed by atoms with Crippen molar-refractivity contribution in [3.8, 4) is 11.3 Å². The molecule has 0 spiro atoms. The Morgan fingerprint density at radius 3 is 2.23 bits per heavy atom. The van der Waals surface area contributed by atoms with Crippen LogP contribution < -0.4 is 9.80 Å². The molecule has 30 heavy (non-hydrogen) atoms. The van der Waals surface area contributed by atoms with Crippen LogP contribution in [0.25, 0.3) is 11.3 Å². The van der Waals surface area contributed by atoms with Gasteiger partial charge in [-0.05, 0) is 74.2 Å². The molecular weight excluding hydrogens is 401 g/mol. The molecule has 1 saturated heterocycles. The van der Waals surface area contributed by atoms with Crippen molar-refractivity contribution in [3.05, 3.63) is 63.6 Å². The summed E-state index contributed by atoms with van der Waals surface area (Å²) >= 11 is 5.95. The zero-order valence-corrected chi connectivity index (χ0v) is 18.5. The molecule has 3 heterocycles. The maximum Gasteiger partial charge on any atom is 0.154 e. The molecule has 1 fully saturated rings. The van der Waals surface area contributed by atoms with Crippen LogP contribution in [0.2, 0.25) is 5.02 Å². The second-order valence-electron chi connectivity index (χ2n) is 7.85. The Labute approximate surface area is 181 Å². The maximum atomic E-state index is 13.5. The standard InChI is InChI=1S/C23H25ClFN5/c1-14-11-21(26-13-15(14)2)29-7-9-30(10-8-29)23-17(4)16(3)22(27-28-23)18-5-6-20(25)19(24)12-18/h5-6,11-13H,7-10H2,1-4H3. The monoisotopic (exact) mass is 425 g/mol. The van der Waals surface area contributed by atoms with Gasteiger partial charge in [0.05, 0.1) is 10.7 Å². The molecular formula is C23H25ClFN5. The number of benzene rings is 1. The van der Waals surface area contributed by atoms with Crippen molar-refractivity contribution in [1.29, 1.82) is 0 Å². The van der Waals surface area contributed by atoms with E-state index in [1.165, 1.54) is 17.2 Å². The highest BCUT2D eigenvalue weighted by atomic mass is 35.5.